The van der Waals surface area contributed by atoms with E-state index in [2.05, 4.69) is 41.4 Å². The number of nitrogens with zero attached hydrogens (tertiary/aromatic N) is 3. The first kappa shape index (κ1) is 30.2. The molecule has 1 aliphatic rings. The summed E-state index contributed by atoms with van der Waals surface area (Å²) in [6, 6.07) is 10.1. The summed E-state index contributed by atoms with van der Waals surface area (Å²) in [6.07, 6.45) is 2.50. The molecule has 2 aromatic heterocycles. The van der Waals surface area contributed by atoms with Crippen LogP contribution >= 0.6 is 11.3 Å². The number of hydrogen-bond acceptors (Lipinski definition) is 7. The van der Waals surface area contributed by atoms with Crippen molar-refractivity contribution in [3.8, 4) is 10.4 Å². The van der Waals surface area contributed by atoms with Gasteiger partial charge in [0.25, 0.3) is 0 Å². The van der Waals surface area contributed by atoms with Gasteiger partial charge in [-0.05, 0) is 37.3 Å². The van der Waals surface area contributed by atoms with Gasteiger partial charge in [0.1, 0.15) is 5.76 Å². The first-order chi connectivity index (χ1) is 17.7. The van der Waals surface area contributed by atoms with Crippen LogP contribution in [0.1, 0.15) is 82.1 Å². The van der Waals surface area contributed by atoms with Gasteiger partial charge in [0.2, 0.25) is 12.3 Å². The number of carbonyl (C=O) groups is 2. The predicted octanol–water partition coefficient (Wildman–Crippen LogP) is 5.28. The standard InChI is InChI=1S/C13H14N2OS.C12H18N2O3.C3H8/c1-9(14-7-16)11-3-5-12(6-4-11)13-10(2)15-8-17-13;1-8(2)11-5-10(17-13-11)6-12(16)14-4-3-9(15)7-14;1-3-2/h3-9H,1-2H3,(H,14,16);5,8-9,15H,3-4,6-7H2,1-2H3;3H2,1-2H3. The van der Waals surface area contributed by atoms with Gasteiger partial charge in [0.15, 0.2) is 0 Å². The number of likely N-dealkylation sites (tertiary alicyclic amines) is 1. The molecule has 4 rings (SSSR count). The number of aliphatic hydroxyl groups is 1. The van der Waals surface area contributed by atoms with Crippen LogP contribution in [-0.4, -0.2) is 51.7 Å². The molecule has 1 aromatic carbocycles. The lowest BCUT2D eigenvalue weighted by molar-refractivity contribution is -0.130. The van der Waals surface area contributed by atoms with Crippen LogP contribution in [0.15, 0.2) is 40.4 Å². The van der Waals surface area contributed by atoms with Crippen LogP contribution in [0.5, 0.6) is 0 Å². The minimum absolute atomic E-state index is 0.00648. The molecule has 202 valence electrons. The van der Waals surface area contributed by atoms with Gasteiger partial charge < -0.3 is 19.8 Å². The van der Waals surface area contributed by atoms with Gasteiger partial charge >= 0.3 is 0 Å². The third-order valence-electron chi connectivity index (χ3n) is 5.75. The zero-order chi connectivity index (χ0) is 27.4. The number of amides is 2. The Labute approximate surface area is 224 Å². The second-order valence-corrected chi connectivity index (χ2v) is 10.3. The number of thiazole rings is 1. The van der Waals surface area contributed by atoms with Crippen LogP contribution in [-0.2, 0) is 16.0 Å². The zero-order valence-corrected chi connectivity index (χ0v) is 23.5. The number of nitrogens with one attached hydrogen (secondary N) is 1. The molecule has 2 N–H and O–H groups in total. The number of aryl methyl sites for hydroxylation is 1. The Morgan fingerprint density at radius 1 is 1.27 bits per heavy atom. The maximum atomic E-state index is 11.9. The third-order valence-corrected chi connectivity index (χ3v) is 6.72. The number of rotatable bonds is 7. The van der Waals surface area contributed by atoms with Crippen LogP contribution in [0.2, 0.25) is 0 Å². The summed E-state index contributed by atoms with van der Waals surface area (Å²) < 4.78 is 5.12. The number of carbonyl (C=O) groups excluding carboxylic acids is 2. The van der Waals surface area contributed by atoms with Crippen molar-refractivity contribution in [2.75, 3.05) is 13.1 Å². The average molecular weight is 529 g/mol. The Hall–Kier alpha value is -3.04. The molecule has 9 heteroatoms. The first-order valence-electron chi connectivity index (χ1n) is 12.8. The van der Waals surface area contributed by atoms with E-state index < -0.39 is 0 Å². The minimum atomic E-state index is -0.375. The highest BCUT2D eigenvalue weighted by atomic mass is 32.1. The second-order valence-electron chi connectivity index (χ2n) is 9.43. The highest BCUT2D eigenvalue weighted by Crippen LogP contribution is 2.28. The fourth-order valence-corrected chi connectivity index (χ4v) is 4.43. The molecule has 3 aromatic rings. The van der Waals surface area contributed by atoms with Gasteiger partial charge in [0, 0.05) is 19.2 Å². The molecule has 0 saturated carbocycles. The molecule has 1 saturated heterocycles. The summed E-state index contributed by atoms with van der Waals surface area (Å²) in [5, 5.41) is 16.0. The molecule has 0 bridgehead atoms. The van der Waals surface area contributed by atoms with Gasteiger partial charge in [-0.3, -0.25) is 9.59 Å². The number of aliphatic hydroxyl groups excluding tert-OH is 1. The van der Waals surface area contributed by atoms with Crippen molar-refractivity contribution in [1.82, 2.24) is 20.4 Å². The van der Waals surface area contributed by atoms with Crippen molar-refractivity contribution >= 4 is 23.7 Å². The Balaban J connectivity index is 0.000000235. The second kappa shape index (κ2) is 15.3. The van der Waals surface area contributed by atoms with Gasteiger partial charge in [-0.1, -0.05) is 63.5 Å². The van der Waals surface area contributed by atoms with Gasteiger partial charge in [0.05, 0.1) is 40.3 Å². The normalized spacial score (nSPS) is 15.4. The maximum absolute atomic E-state index is 11.9. The molecule has 1 fully saturated rings. The Morgan fingerprint density at radius 2 is 1.95 bits per heavy atom. The van der Waals surface area contributed by atoms with Crippen molar-refractivity contribution in [2.45, 2.75) is 78.9 Å². The Bertz CT molecular complexity index is 1090. The van der Waals surface area contributed by atoms with Gasteiger partial charge in [-0.2, -0.15) is 0 Å². The summed E-state index contributed by atoms with van der Waals surface area (Å²) >= 11 is 1.64. The van der Waals surface area contributed by atoms with E-state index in [1.807, 2.05) is 51.4 Å². The van der Waals surface area contributed by atoms with Crippen molar-refractivity contribution in [2.24, 2.45) is 0 Å². The highest BCUT2D eigenvalue weighted by Gasteiger charge is 2.25. The maximum Gasteiger partial charge on any atom is 0.230 e. The monoisotopic (exact) mass is 528 g/mol. The molecule has 2 amide bonds. The molecular formula is C28H40N4O4S. The number of benzene rings is 1. The van der Waals surface area contributed by atoms with Crippen LogP contribution in [0, 0.1) is 6.92 Å². The summed E-state index contributed by atoms with van der Waals surface area (Å²) in [4.78, 5) is 29.3. The van der Waals surface area contributed by atoms with E-state index in [0.29, 0.717) is 31.2 Å². The van der Waals surface area contributed by atoms with Gasteiger partial charge in [-0.25, -0.2) is 4.98 Å². The van der Waals surface area contributed by atoms with Crippen molar-refractivity contribution in [3.05, 3.63) is 58.6 Å². The average Bonchev–Trinajstić information content (AvgIpc) is 3.62. The number of β-amino-alcohol motifs (C(OH)–C–C–N with tert-alkyl or cyclic N) is 1. The van der Waals surface area contributed by atoms with Crippen LogP contribution in [0.4, 0.5) is 0 Å². The largest absolute Gasteiger partial charge is 0.391 e. The molecule has 37 heavy (non-hydrogen) atoms. The molecule has 0 radical (unpaired) electrons. The first-order valence-corrected chi connectivity index (χ1v) is 13.7. The summed E-state index contributed by atoms with van der Waals surface area (Å²) in [6.45, 7) is 13.3. The van der Waals surface area contributed by atoms with Crippen LogP contribution in [0.3, 0.4) is 0 Å². The Morgan fingerprint density at radius 3 is 2.43 bits per heavy atom. The van der Waals surface area contributed by atoms with E-state index in [1.165, 1.54) is 16.9 Å². The third kappa shape index (κ3) is 9.40. The molecular weight excluding hydrogens is 488 g/mol. The highest BCUT2D eigenvalue weighted by molar-refractivity contribution is 7.13. The Kier molecular flexibility index (Phi) is 12.5. The lowest BCUT2D eigenvalue weighted by Crippen LogP contribution is -2.30. The molecule has 0 spiro atoms. The predicted molar refractivity (Wildman–Crippen MR) is 147 cm³/mol. The van der Waals surface area contributed by atoms with Crippen molar-refractivity contribution < 1.29 is 19.2 Å². The zero-order valence-electron chi connectivity index (χ0n) is 22.7. The van der Waals surface area contributed by atoms with E-state index in [4.69, 9.17) is 4.52 Å². The molecule has 2 unspecified atom stereocenters. The van der Waals surface area contributed by atoms with E-state index >= 15 is 0 Å². The minimum Gasteiger partial charge on any atom is -0.391 e. The lowest BCUT2D eigenvalue weighted by atomic mass is 10.1. The van der Waals surface area contributed by atoms with E-state index in [9.17, 15) is 14.7 Å². The van der Waals surface area contributed by atoms with Crippen LogP contribution < -0.4 is 5.32 Å². The summed E-state index contributed by atoms with van der Waals surface area (Å²) in [5.74, 6) is 0.893. The topological polar surface area (TPSA) is 109 Å². The summed E-state index contributed by atoms with van der Waals surface area (Å²) in [5.41, 5.74) is 6.06. The van der Waals surface area contributed by atoms with Crippen LogP contribution in [0.25, 0.3) is 10.4 Å². The quantitative estimate of drug-likeness (QED) is 0.404. The van der Waals surface area contributed by atoms with E-state index in [1.54, 1.807) is 16.2 Å². The lowest BCUT2D eigenvalue weighted by Gasteiger charge is -2.13. The molecule has 1 aliphatic heterocycles. The van der Waals surface area contributed by atoms with Crippen molar-refractivity contribution in [1.29, 1.82) is 0 Å². The van der Waals surface area contributed by atoms with E-state index in [-0.39, 0.29) is 24.5 Å². The van der Waals surface area contributed by atoms with Gasteiger partial charge in [-0.15, -0.1) is 11.3 Å². The SMILES string of the molecule is CC(C)c1cc(CC(=O)N2CCC(O)C2)on1.CCC.Cc1ncsc1-c1ccc(C(C)NC=O)cc1. The summed E-state index contributed by atoms with van der Waals surface area (Å²) in [7, 11) is 0. The molecule has 2 atom stereocenters. The van der Waals surface area contributed by atoms with Crippen molar-refractivity contribution in [3.63, 3.8) is 0 Å². The molecule has 3 heterocycles. The number of hydrogen-bond donors (Lipinski definition) is 2. The fraction of sp³-hybridized carbons (Fsp3) is 0.500. The van der Waals surface area contributed by atoms with E-state index in [0.717, 1.165) is 23.4 Å². The molecule has 8 nitrogen and oxygen atoms in total. The fourth-order valence-electron chi connectivity index (χ4n) is 3.61. The molecule has 0 aliphatic carbocycles. The smallest absolute Gasteiger partial charge is 0.230 e. The number of aromatic nitrogens is 2.